The lowest BCUT2D eigenvalue weighted by Gasteiger charge is -2.34. The van der Waals surface area contributed by atoms with E-state index in [1.807, 2.05) is 0 Å². The van der Waals surface area contributed by atoms with Crippen LogP contribution in [-0.4, -0.2) is 30.8 Å². The number of halogens is 2. The summed E-state index contributed by atoms with van der Waals surface area (Å²) >= 11 is 12.0. The molecule has 1 saturated heterocycles. The van der Waals surface area contributed by atoms with Crippen molar-refractivity contribution in [3.05, 3.63) is 16.1 Å². The van der Waals surface area contributed by atoms with E-state index < -0.39 is 0 Å². The lowest BCUT2D eigenvalue weighted by Crippen LogP contribution is -2.44. The molecule has 0 aliphatic carbocycles. The van der Waals surface area contributed by atoms with Gasteiger partial charge in [-0.15, -0.1) is 0 Å². The van der Waals surface area contributed by atoms with E-state index in [0.717, 1.165) is 6.54 Å². The zero-order valence-corrected chi connectivity index (χ0v) is 10.4. The Morgan fingerprint density at radius 3 is 2.94 bits per heavy atom. The number of aromatic nitrogens is 1. The third-order valence-corrected chi connectivity index (χ3v) is 3.16. The number of rotatable bonds is 1. The van der Waals surface area contributed by atoms with Crippen molar-refractivity contribution in [1.29, 1.82) is 0 Å². The fourth-order valence-corrected chi connectivity index (χ4v) is 2.18. The smallest absolute Gasteiger partial charge is 0.150 e. The van der Waals surface area contributed by atoms with Gasteiger partial charge in [-0.3, -0.25) is 0 Å². The van der Waals surface area contributed by atoms with Gasteiger partial charge in [0.25, 0.3) is 0 Å². The number of pyridine rings is 1. The Morgan fingerprint density at radius 2 is 2.25 bits per heavy atom. The second kappa shape index (κ2) is 4.65. The zero-order valence-electron chi connectivity index (χ0n) is 8.91. The number of nitrogens with zero attached hydrogens (tertiary/aromatic N) is 2. The van der Waals surface area contributed by atoms with Crippen LogP contribution in [0.15, 0.2) is 6.07 Å². The molecule has 6 heteroatoms. The minimum Gasteiger partial charge on any atom is -0.382 e. The second-order valence-corrected chi connectivity index (χ2v) is 4.59. The first-order valence-corrected chi connectivity index (χ1v) is 5.81. The summed E-state index contributed by atoms with van der Waals surface area (Å²) in [6.07, 6.45) is 0. The van der Waals surface area contributed by atoms with Crippen molar-refractivity contribution < 1.29 is 4.74 Å². The maximum atomic E-state index is 6.12. The SMILES string of the molecule is CC1COCCN1c1nc(N)c(Cl)cc1Cl. The highest BCUT2D eigenvalue weighted by Gasteiger charge is 2.23. The lowest BCUT2D eigenvalue weighted by atomic mass is 10.2. The molecule has 0 amide bonds. The Labute approximate surface area is 104 Å². The third kappa shape index (κ3) is 2.19. The molecule has 0 spiro atoms. The molecule has 16 heavy (non-hydrogen) atoms. The van der Waals surface area contributed by atoms with Crippen LogP contribution in [0.25, 0.3) is 0 Å². The molecule has 1 aliphatic rings. The minimum atomic E-state index is 0.235. The highest BCUT2D eigenvalue weighted by atomic mass is 35.5. The molecular weight excluding hydrogens is 249 g/mol. The van der Waals surface area contributed by atoms with Gasteiger partial charge in [-0.2, -0.15) is 0 Å². The standard InChI is InChI=1S/C10H13Cl2N3O/c1-6-5-16-3-2-15(6)10-8(12)4-7(11)9(13)14-10/h4,6H,2-3,5H2,1H3,(H2,13,14). The molecule has 1 aromatic heterocycles. The highest BCUT2D eigenvalue weighted by molar-refractivity contribution is 6.37. The van der Waals surface area contributed by atoms with Gasteiger partial charge < -0.3 is 15.4 Å². The predicted octanol–water partition coefficient (Wildman–Crippen LogP) is 2.20. The first-order valence-electron chi connectivity index (χ1n) is 5.05. The maximum Gasteiger partial charge on any atom is 0.150 e. The molecule has 1 aromatic rings. The van der Waals surface area contributed by atoms with Gasteiger partial charge in [-0.1, -0.05) is 23.2 Å². The Morgan fingerprint density at radius 1 is 1.50 bits per heavy atom. The van der Waals surface area contributed by atoms with Crippen LogP contribution in [-0.2, 0) is 4.74 Å². The lowest BCUT2D eigenvalue weighted by molar-refractivity contribution is 0.0985. The number of nitrogen functional groups attached to an aromatic ring is 1. The average Bonchev–Trinajstić information content (AvgIpc) is 2.25. The van der Waals surface area contributed by atoms with E-state index in [1.165, 1.54) is 0 Å². The van der Waals surface area contributed by atoms with Gasteiger partial charge in [0.15, 0.2) is 0 Å². The fourth-order valence-electron chi connectivity index (χ4n) is 1.71. The number of ether oxygens (including phenoxy) is 1. The van der Waals surface area contributed by atoms with Crippen LogP contribution in [0.4, 0.5) is 11.6 Å². The van der Waals surface area contributed by atoms with E-state index >= 15 is 0 Å². The maximum absolute atomic E-state index is 6.12. The quantitative estimate of drug-likeness (QED) is 0.842. The molecule has 2 heterocycles. The Hall–Kier alpha value is -0.710. The summed E-state index contributed by atoms with van der Waals surface area (Å²) in [7, 11) is 0. The number of hydrogen-bond acceptors (Lipinski definition) is 4. The van der Waals surface area contributed by atoms with Crippen molar-refractivity contribution >= 4 is 34.8 Å². The average molecular weight is 262 g/mol. The summed E-state index contributed by atoms with van der Waals surface area (Å²) in [5.74, 6) is 0.985. The molecule has 2 rings (SSSR count). The Balaban J connectivity index is 2.35. The number of hydrogen-bond donors (Lipinski definition) is 1. The first-order chi connectivity index (χ1) is 7.59. The number of morpholine rings is 1. The van der Waals surface area contributed by atoms with Gasteiger partial charge >= 0.3 is 0 Å². The molecule has 0 bridgehead atoms. The van der Waals surface area contributed by atoms with Crippen molar-refractivity contribution in [3.63, 3.8) is 0 Å². The molecular formula is C10H13Cl2N3O. The van der Waals surface area contributed by atoms with Gasteiger partial charge in [0.05, 0.1) is 29.3 Å². The van der Waals surface area contributed by atoms with Crippen molar-refractivity contribution in [3.8, 4) is 0 Å². The summed E-state index contributed by atoms with van der Waals surface area (Å²) in [4.78, 5) is 6.31. The van der Waals surface area contributed by atoms with Crippen molar-refractivity contribution in [1.82, 2.24) is 4.98 Å². The molecule has 0 radical (unpaired) electrons. The summed E-state index contributed by atoms with van der Waals surface area (Å²) < 4.78 is 5.36. The minimum absolute atomic E-state index is 0.235. The topological polar surface area (TPSA) is 51.4 Å². The molecule has 4 nitrogen and oxygen atoms in total. The normalized spacial score (nSPS) is 21.2. The van der Waals surface area contributed by atoms with E-state index in [2.05, 4.69) is 16.8 Å². The number of nitrogens with two attached hydrogens (primary N) is 1. The molecule has 1 unspecified atom stereocenters. The van der Waals surface area contributed by atoms with Gasteiger partial charge in [0, 0.05) is 6.54 Å². The molecule has 88 valence electrons. The van der Waals surface area contributed by atoms with Gasteiger partial charge in [0.2, 0.25) is 0 Å². The molecule has 1 atom stereocenters. The summed E-state index contributed by atoms with van der Waals surface area (Å²) in [6.45, 7) is 4.16. The van der Waals surface area contributed by atoms with Crippen molar-refractivity contribution in [2.75, 3.05) is 30.4 Å². The molecule has 0 saturated carbocycles. The molecule has 0 aromatic carbocycles. The van der Waals surface area contributed by atoms with Crippen LogP contribution in [0.3, 0.4) is 0 Å². The summed E-state index contributed by atoms with van der Waals surface area (Å²) in [5, 5.41) is 0.905. The van der Waals surface area contributed by atoms with Gasteiger partial charge in [0.1, 0.15) is 11.6 Å². The zero-order chi connectivity index (χ0) is 11.7. The molecule has 2 N–H and O–H groups in total. The van der Waals surface area contributed by atoms with Crippen LogP contribution in [0.1, 0.15) is 6.92 Å². The van der Waals surface area contributed by atoms with Gasteiger partial charge in [-0.25, -0.2) is 4.98 Å². The predicted molar refractivity (Wildman–Crippen MR) is 66.3 cm³/mol. The van der Waals surface area contributed by atoms with Gasteiger partial charge in [-0.05, 0) is 13.0 Å². The third-order valence-electron chi connectivity index (χ3n) is 2.58. The van der Waals surface area contributed by atoms with Crippen molar-refractivity contribution in [2.45, 2.75) is 13.0 Å². The summed E-state index contributed by atoms with van der Waals surface area (Å²) in [5.41, 5.74) is 5.68. The Bertz CT molecular complexity index is 400. The second-order valence-electron chi connectivity index (χ2n) is 3.78. The molecule has 1 aliphatic heterocycles. The van der Waals surface area contributed by atoms with E-state index in [0.29, 0.717) is 34.9 Å². The van der Waals surface area contributed by atoms with Crippen LogP contribution in [0, 0.1) is 0 Å². The van der Waals surface area contributed by atoms with Crippen LogP contribution < -0.4 is 10.6 Å². The first kappa shape index (κ1) is 11.8. The van der Waals surface area contributed by atoms with Crippen LogP contribution >= 0.6 is 23.2 Å². The van der Waals surface area contributed by atoms with Crippen LogP contribution in [0.2, 0.25) is 10.0 Å². The van der Waals surface area contributed by atoms with E-state index in [1.54, 1.807) is 6.07 Å². The fraction of sp³-hybridized carbons (Fsp3) is 0.500. The van der Waals surface area contributed by atoms with Crippen molar-refractivity contribution in [2.24, 2.45) is 0 Å². The molecule has 1 fully saturated rings. The van der Waals surface area contributed by atoms with E-state index in [-0.39, 0.29) is 6.04 Å². The largest absolute Gasteiger partial charge is 0.382 e. The Kier molecular flexibility index (Phi) is 3.42. The number of anilines is 2. The highest BCUT2D eigenvalue weighted by Crippen LogP contribution is 2.31. The monoisotopic (exact) mass is 261 g/mol. The van der Waals surface area contributed by atoms with E-state index in [9.17, 15) is 0 Å². The van der Waals surface area contributed by atoms with Crippen LogP contribution in [0.5, 0.6) is 0 Å². The summed E-state index contributed by atoms with van der Waals surface area (Å²) in [6, 6.07) is 1.86. The van der Waals surface area contributed by atoms with E-state index in [4.69, 9.17) is 33.7 Å².